The Kier molecular flexibility index (Phi) is 6.38. The number of imidazole rings is 1. The van der Waals surface area contributed by atoms with E-state index < -0.39 is 0 Å². The van der Waals surface area contributed by atoms with E-state index in [0.29, 0.717) is 12.4 Å². The largest absolute Gasteiger partial charge is 0.334 e. The number of tetrazole rings is 1. The molecular weight excluding hydrogens is 440 g/mol. The van der Waals surface area contributed by atoms with Gasteiger partial charge in [0, 0.05) is 42.0 Å². The monoisotopic (exact) mass is 468 g/mol. The van der Waals surface area contributed by atoms with E-state index in [9.17, 15) is 4.79 Å². The van der Waals surface area contributed by atoms with Gasteiger partial charge in [0.15, 0.2) is 0 Å². The van der Waals surface area contributed by atoms with Crippen LogP contribution in [0.1, 0.15) is 38.1 Å². The average molecular weight is 469 g/mol. The standard InChI is InChI=1S/C26H28N8O/c1-3-8-21-18-34(24-11-7-15-32(24)14-4-2)26(35)33(21)17-20-13-12-19(16-27-20)22-9-5-6-10-23(22)25-28-30-31-29-25/h5-7,9-13,15-16,18H,3-4,8,14,17H2,1-2H3,(H,28,29,30,31). The molecule has 4 heterocycles. The van der Waals surface area contributed by atoms with Gasteiger partial charge < -0.3 is 4.57 Å². The SMILES string of the molecule is CCCc1cn(-c2cccn2CCC)c(=O)n1Cc1ccc(-c2ccccc2-c2nn[nH]n2)cn1. The Labute approximate surface area is 203 Å². The van der Waals surface area contributed by atoms with Crippen LogP contribution in [0.4, 0.5) is 0 Å². The minimum Gasteiger partial charge on any atom is -0.334 e. The maximum atomic E-state index is 13.5. The molecule has 0 radical (unpaired) electrons. The van der Waals surface area contributed by atoms with Crippen LogP contribution in [0.5, 0.6) is 0 Å². The van der Waals surface area contributed by atoms with Gasteiger partial charge in [-0.3, -0.25) is 14.1 Å². The predicted molar refractivity (Wildman–Crippen MR) is 134 cm³/mol. The number of rotatable bonds is 9. The quantitative estimate of drug-likeness (QED) is 0.351. The van der Waals surface area contributed by atoms with Crippen molar-refractivity contribution in [3.05, 3.63) is 89.0 Å². The number of H-pyrrole nitrogens is 1. The van der Waals surface area contributed by atoms with Crippen molar-refractivity contribution in [1.82, 2.24) is 39.3 Å². The molecule has 0 amide bonds. The van der Waals surface area contributed by atoms with Gasteiger partial charge in [0.05, 0.1) is 12.2 Å². The highest BCUT2D eigenvalue weighted by atomic mass is 16.1. The van der Waals surface area contributed by atoms with Crippen LogP contribution in [0.2, 0.25) is 0 Å². The molecule has 1 N–H and O–H groups in total. The number of benzene rings is 1. The Morgan fingerprint density at radius 2 is 1.83 bits per heavy atom. The predicted octanol–water partition coefficient (Wildman–Crippen LogP) is 4.09. The maximum Gasteiger partial charge on any atom is 0.334 e. The molecule has 0 aliphatic rings. The highest BCUT2D eigenvalue weighted by Gasteiger charge is 2.16. The summed E-state index contributed by atoms with van der Waals surface area (Å²) in [6.45, 7) is 5.55. The molecule has 0 fully saturated rings. The molecule has 1 aromatic carbocycles. The smallest absolute Gasteiger partial charge is 0.334 e. The van der Waals surface area contributed by atoms with Crippen LogP contribution in [-0.4, -0.2) is 39.3 Å². The van der Waals surface area contributed by atoms with E-state index in [1.165, 1.54) is 0 Å². The van der Waals surface area contributed by atoms with E-state index in [-0.39, 0.29) is 5.69 Å². The topological polar surface area (TPSA) is 99.2 Å². The fourth-order valence-electron chi connectivity index (χ4n) is 4.41. The molecule has 0 aliphatic heterocycles. The van der Waals surface area contributed by atoms with Gasteiger partial charge in [-0.05, 0) is 41.8 Å². The summed E-state index contributed by atoms with van der Waals surface area (Å²) in [5, 5.41) is 14.4. The molecule has 0 saturated carbocycles. The third-order valence-corrected chi connectivity index (χ3v) is 6.05. The number of nitrogens with zero attached hydrogens (tertiary/aromatic N) is 7. The molecule has 0 saturated heterocycles. The van der Waals surface area contributed by atoms with Crippen molar-refractivity contribution in [2.75, 3.05) is 0 Å². The van der Waals surface area contributed by atoms with Gasteiger partial charge in [-0.25, -0.2) is 4.79 Å². The van der Waals surface area contributed by atoms with Crippen LogP contribution in [0, 0.1) is 0 Å². The fraction of sp³-hybridized carbons (Fsp3) is 0.269. The first-order valence-electron chi connectivity index (χ1n) is 11.9. The van der Waals surface area contributed by atoms with Gasteiger partial charge in [0.2, 0.25) is 5.82 Å². The van der Waals surface area contributed by atoms with Crippen LogP contribution < -0.4 is 5.69 Å². The second-order valence-electron chi connectivity index (χ2n) is 8.49. The number of aromatic amines is 1. The first-order chi connectivity index (χ1) is 17.2. The van der Waals surface area contributed by atoms with Crippen molar-refractivity contribution < 1.29 is 0 Å². The Morgan fingerprint density at radius 1 is 0.971 bits per heavy atom. The Hall–Kier alpha value is -4.27. The Bertz CT molecular complexity index is 1460. The van der Waals surface area contributed by atoms with Crippen LogP contribution in [0.15, 0.2) is 71.9 Å². The highest BCUT2D eigenvalue weighted by molar-refractivity contribution is 5.79. The number of aryl methyl sites for hydroxylation is 2. The molecule has 0 spiro atoms. The van der Waals surface area contributed by atoms with Gasteiger partial charge in [-0.1, -0.05) is 50.6 Å². The average Bonchev–Trinajstić information content (AvgIpc) is 3.63. The molecule has 178 valence electrons. The molecule has 0 aliphatic carbocycles. The zero-order valence-electron chi connectivity index (χ0n) is 19.9. The first kappa shape index (κ1) is 22.5. The van der Waals surface area contributed by atoms with E-state index >= 15 is 0 Å². The summed E-state index contributed by atoms with van der Waals surface area (Å²) >= 11 is 0. The van der Waals surface area contributed by atoms with Gasteiger partial charge in [0.25, 0.3) is 0 Å². The number of aromatic nitrogens is 8. The van der Waals surface area contributed by atoms with Crippen LogP contribution in [-0.2, 0) is 19.5 Å². The summed E-state index contributed by atoms with van der Waals surface area (Å²) < 4.78 is 5.72. The Balaban J connectivity index is 1.46. The number of nitrogens with one attached hydrogen (secondary N) is 1. The molecule has 4 aromatic heterocycles. The van der Waals surface area contributed by atoms with Crippen molar-refractivity contribution in [3.8, 4) is 28.3 Å². The summed E-state index contributed by atoms with van der Waals surface area (Å²) in [4.78, 5) is 18.1. The van der Waals surface area contributed by atoms with Crippen LogP contribution in [0.25, 0.3) is 28.3 Å². The van der Waals surface area contributed by atoms with Crippen molar-refractivity contribution in [2.45, 2.75) is 46.2 Å². The van der Waals surface area contributed by atoms with E-state index in [0.717, 1.165) is 59.7 Å². The van der Waals surface area contributed by atoms with Crippen molar-refractivity contribution >= 4 is 0 Å². The molecule has 0 unspecified atom stereocenters. The van der Waals surface area contributed by atoms with Crippen molar-refractivity contribution in [1.29, 1.82) is 0 Å². The van der Waals surface area contributed by atoms with Crippen LogP contribution >= 0.6 is 0 Å². The summed E-state index contributed by atoms with van der Waals surface area (Å²) in [6.07, 6.45) is 8.62. The number of pyridine rings is 1. The minimum atomic E-state index is -0.0437. The van der Waals surface area contributed by atoms with Gasteiger partial charge in [-0.2, -0.15) is 5.21 Å². The molecule has 5 rings (SSSR count). The first-order valence-corrected chi connectivity index (χ1v) is 11.9. The molecule has 0 atom stereocenters. The van der Waals surface area contributed by atoms with Gasteiger partial charge >= 0.3 is 5.69 Å². The normalized spacial score (nSPS) is 11.3. The van der Waals surface area contributed by atoms with Crippen LogP contribution in [0.3, 0.4) is 0 Å². The van der Waals surface area contributed by atoms with Gasteiger partial charge in [-0.15, -0.1) is 10.2 Å². The van der Waals surface area contributed by atoms with E-state index in [4.69, 9.17) is 4.98 Å². The lowest BCUT2D eigenvalue weighted by molar-refractivity contribution is 0.644. The summed E-state index contributed by atoms with van der Waals surface area (Å²) in [7, 11) is 0. The molecular formula is C26H28N8O. The van der Waals surface area contributed by atoms with Crippen molar-refractivity contribution in [2.24, 2.45) is 0 Å². The van der Waals surface area contributed by atoms with Crippen molar-refractivity contribution in [3.63, 3.8) is 0 Å². The lowest BCUT2D eigenvalue weighted by atomic mass is 10.0. The molecule has 35 heavy (non-hydrogen) atoms. The second-order valence-corrected chi connectivity index (χ2v) is 8.49. The lowest BCUT2D eigenvalue weighted by Gasteiger charge is -2.09. The maximum absolute atomic E-state index is 13.5. The van der Waals surface area contributed by atoms with E-state index in [1.54, 1.807) is 4.57 Å². The number of hydrogen-bond acceptors (Lipinski definition) is 5. The summed E-state index contributed by atoms with van der Waals surface area (Å²) in [6, 6.07) is 15.9. The van der Waals surface area contributed by atoms with E-state index in [1.807, 2.05) is 71.7 Å². The van der Waals surface area contributed by atoms with E-state index in [2.05, 4.69) is 39.0 Å². The molecule has 0 bridgehead atoms. The molecule has 5 aromatic rings. The molecule has 9 nitrogen and oxygen atoms in total. The number of hydrogen-bond donors (Lipinski definition) is 1. The zero-order valence-corrected chi connectivity index (χ0v) is 19.9. The lowest BCUT2D eigenvalue weighted by Crippen LogP contribution is -2.26. The van der Waals surface area contributed by atoms with Gasteiger partial charge in [0.1, 0.15) is 5.82 Å². The third kappa shape index (κ3) is 4.44. The fourth-order valence-corrected chi connectivity index (χ4v) is 4.41. The second kappa shape index (κ2) is 9.92. The highest BCUT2D eigenvalue weighted by Crippen LogP contribution is 2.29. The third-order valence-electron chi connectivity index (χ3n) is 6.05. The zero-order chi connectivity index (χ0) is 24.2. The molecule has 9 heteroatoms. The summed E-state index contributed by atoms with van der Waals surface area (Å²) in [5.41, 5.74) is 4.59. The Morgan fingerprint density at radius 3 is 2.54 bits per heavy atom. The summed E-state index contributed by atoms with van der Waals surface area (Å²) in [5.74, 6) is 1.43. The minimum absolute atomic E-state index is 0.0437.